The largest absolute Gasteiger partial charge is 0.378 e. The second-order valence-electron chi connectivity index (χ2n) is 7.02. The summed E-state index contributed by atoms with van der Waals surface area (Å²) in [4.78, 5) is 25.7. The maximum Gasteiger partial charge on any atom is 0.233 e. The topological polar surface area (TPSA) is 89.3 Å². The molecule has 0 bridgehead atoms. The van der Waals surface area contributed by atoms with Crippen LogP contribution in [0.2, 0.25) is 0 Å². The Labute approximate surface area is 184 Å². The van der Waals surface area contributed by atoms with Gasteiger partial charge in [-0.25, -0.2) is 0 Å². The molecule has 0 aliphatic carbocycles. The molecule has 8 nitrogen and oxygen atoms in total. The number of benzene rings is 2. The number of nitrogens with one attached hydrogen (secondary N) is 1. The number of rotatable bonds is 6. The molecule has 3 aromatic rings. The molecule has 9 heteroatoms. The van der Waals surface area contributed by atoms with Crippen molar-refractivity contribution < 1.29 is 14.3 Å². The highest BCUT2D eigenvalue weighted by atomic mass is 32.2. The van der Waals surface area contributed by atoms with E-state index in [4.69, 9.17) is 4.74 Å². The van der Waals surface area contributed by atoms with Gasteiger partial charge in [0.25, 0.3) is 0 Å². The van der Waals surface area contributed by atoms with Crippen LogP contribution in [0, 0.1) is 0 Å². The summed E-state index contributed by atoms with van der Waals surface area (Å²) in [7, 11) is 0. The third-order valence-electron chi connectivity index (χ3n) is 4.80. The normalized spacial score (nSPS) is 13.8. The zero-order valence-electron chi connectivity index (χ0n) is 17.2. The SMILES string of the molecule is CC(=O)Nc1ccc(-c2nnc(SCC(=O)N3CCOCC3)n2-c2ccccc2)cc1. The van der Waals surface area contributed by atoms with Gasteiger partial charge in [0, 0.05) is 37.0 Å². The number of carbonyl (C=O) groups is 2. The molecule has 2 aromatic carbocycles. The number of hydrogen-bond acceptors (Lipinski definition) is 6. The minimum absolute atomic E-state index is 0.0668. The van der Waals surface area contributed by atoms with E-state index >= 15 is 0 Å². The molecule has 1 aromatic heterocycles. The summed E-state index contributed by atoms with van der Waals surface area (Å²) in [5.41, 5.74) is 2.49. The Morgan fingerprint density at radius 1 is 1.03 bits per heavy atom. The lowest BCUT2D eigenvalue weighted by Gasteiger charge is -2.26. The van der Waals surface area contributed by atoms with Crippen molar-refractivity contribution in [3.8, 4) is 17.1 Å². The van der Waals surface area contributed by atoms with E-state index in [0.29, 0.717) is 43.0 Å². The zero-order chi connectivity index (χ0) is 21.6. The van der Waals surface area contributed by atoms with E-state index in [0.717, 1.165) is 11.3 Å². The van der Waals surface area contributed by atoms with Crippen LogP contribution in [-0.4, -0.2) is 63.5 Å². The minimum atomic E-state index is -0.121. The maximum atomic E-state index is 12.6. The number of ether oxygens (including phenoxy) is 1. The van der Waals surface area contributed by atoms with Crippen molar-refractivity contribution in [3.05, 3.63) is 54.6 Å². The predicted molar refractivity (Wildman–Crippen MR) is 119 cm³/mol. The van der Waals surface area contributed by atoms with E-state index in [9.17, 15) is 9.59 Å². The van der Waals surface area contributed by atoms with E-state index in [1.807, 2.05) is 64.1 Å². The molecule has 1 saturated heterocycles. The van der Waals surface area contributed by atoms with Crippen LogP contribution in [0.3, 0.4) is 0 Å². The number of nitrogens with zero attached hydrogens (tertiary/aromatic N) is 4. The van der Waals surface area contributed by atoms with Gasteiger partial charge in [0.1, 0.15) is 0 Å². The summed E-state index contributed by atoms with van der Waals surface area (Å²) < 4.78 is 7.27. The van der Waals surface area contributed by atoms with Crippen molar-refractivity contribution in [2.24, 2.45) is 0 Å². The fraction of sp³-hybridized carbons (Fsp3) is 0.273. The van der Waals surface area contributed by atoms with Gasteiger partial charge in [-0.1, -0.05) is 30.0 Å². The van der Waals surface area contributed by atoms with Gasteiger partial charge < -0.3 is 15.0 Å². The molecule has 4 rings (SSSR count). The Kier molecular flexibility index (Phi) is 6.63. The lowest BCUT2D eigenvalue weighted by molar-refractivity contribution is -0.132. The Morgan fingerprint density at radius 3 is 2.42 bits per heavy atom. The van der Waals surface area contributed by atoms with Crippen LogP contribution in [0.1, 0.15) is 6.92 Å². The van der Waals surface area contributed by atoms with Crippen LogP contribution < -0.4 is 5.32 Å². The van der Waals surface area contributed by atoms with Gasteiger partial charge in [-0.15, -0.1) is 10.2 Å². The van der Waals surface area contributed by atoms with Crippen LogP contribution in [0.4, 0.5) is 5.69 Å². The number of carbonyl (C=O) groups excluding carboxylic acids is 2. The van der Waals surface area contributed by atoms with Gasteiger partial charge in [0.2, 0.25) is 11.8 Å². The van der Waals surface area contributed by atoms with Gasteiger partial charge in [-0.2, -0.15) is 0 Å². The molecule has 0 radical (unpaired) electrons. The van der Waals surface area contributed by atoms with Gasteiger partial charge in [0.15, 0.2) is 11.0 Å². The fourth-order valence-electron chi connectivity index (χ4n) is 3.30. The highest BCUT2D eigenvalue weighted by Gasteiger charge is 2.20. The van der Waals surface area contributed by atoms with Crippen LogP contribution in [-0.2, 0) is 14.3 Å². The van der Waals surface area contributed by atoms with Crippen LogP contribution in [0.5, 0.6) is 0 Å². The summed E-state index contributed by atoms with van der Waals surface area (Å²) in [5.74, 6) is 0.898. The second kappa shape index (κ2) is 9.76. The first-order chi connectivity index (χ1) is 15.1. The number of aromatic nitrogens is 3. The molecule has 160 valence electrons. The molecule has 0 spiro atoms. The van der Waals surface area contributed by atoms with Crippen molar-refractivity contribution in [2.75, 3.05) is 37.4 Å². The first-order valence-corrected chi connectivity index (χ1v) is 11.0. The quantitative estimate of drug-likeness (QED) is 0.597. The fourth-order valence-corrected chi connectivity index (χ4v) is 4.15. The van der Waals surface area contributed by atoms with Crippen molar-refractivity contribution in [2.45, 2.75) is 12.1 Å². The van der Waals surface area contributed by atoms with Gasteiger partial charge >= 0.3 is 0 Å². The Morgan fingerprint density at radius 2 is 1.74 bits per heavy atom. The number of hydrogen-bond donors (Lipinski definition) is 1. The molecule has 0 saturated carbocycles. The second-order valence-corrected chi connectivity index (χ2v) is 7.96. The van der Waals surface area contributed by atoms with E-state index < -0.39 is 0 Å². The number of morpholine rings is 1. The van der Waals surface area contributed by atoms with Crippen LogP contribution in [0.25, 0.3) is 17.1 Å². The summed E-state index contributed by atoms with van der Waals surface area (Å²) >= 11 is 1.37. The van der Waals surface area contributed by atoms with Crippen molar-refractivity contribution >= 4 is 29.3 Å². The lowest BCUT2D eigenvalue weighted by atomic mass is 10.2. The van der Waals surface area contributed by atoms with E-state index in [2.05, 4.69) is 15.5 Å². The molecule has 2 heterocycles. The molecular formula is C22H23N5O3S. The Hall–Kier alpha value is -3.17. The smallest absolute Gasteiger partial charge is 0.233 e. The first-order valence-electron chi connectivity index (χ1n) is 9.99. The number of amides is 2. The number of para-hydroxylation sites is 1. The average Bonchev–Trinajstić information content (AvgIpc) is 3.22. The summed E-state index contributed by atoms with van der Waals surface area (Å²) in [6.45, 7) is 3.87. The van der Waals surface area contributed by atoms with Gasteiger partial charge in [-0.05, 0) is 36.4 Å². The van der Waals surface area contributed by atoms with Crippen molar-refractivity contribution in [3.63, 3.8) is 0 Å². The first kappa shape index (κ1) is 21.1. The average molecular weight is 438 g/mol. The molecule has 2 amide bonds. The van der Waals surface area contributed by atoms with Crippen molar-refractivity contribution in [1.82, 2.24) is 19.7 Å². The highest BCUT2D eigenvalue weighted by Crippen LogP contribution is 2.29. The maximum absolute atomic E-state index is 12.6. The molecule has 1 aliphatic heterocycles. The third-order valence-corrected chi connectivity index (χ3v) is 5.71. The lowest BCUT2D eigenvalue weighted by Crippen LogP contribution is -2.41. The molecule has 1 aliphatic rings. The van der Waals surface area contributed by atoms with Gasteiger partial charge in [0.05, 0.1) is 19.0 Å². The molecule has 1 N–H and O–H groups in total. The zero-order valence-corrected chi connectivity index (χ0v) is 18.0. The predicted octanol–water partition coefficient (Wildman–Crippen LogP) is 2.84. The summed E-state index contributed by atoms with van der Waals surface area (Å²) in [5, 5.41) is 12.2. The standard InChI is InChI=1S/C22H23N5O3S/c1-16(28)23-18-9-7-17(8-10-18)21-24-25-22(27(21)19-5-3-2-4-6-19)31-15-20(29)26-11-13-30-14-12-26/h2-10H,11-15H2,1H3,(H,23,28). The highest BCUT2D eigenvalue weighted by molar-refractivity contribution is 7.99. The monoisotopic (exact) mass is 437 g/mol. The molecule has 1 fully saturated rings. The minimum Gasteiger partial charge on any atom is -0.378 e. The molecule has 0 unspecified atom stereocenters. The van der Waals surface area contributed by atoms with Gasteiger partial charge in [-0.3, -0.25) is 14.2 Å². The van der Waals surface area contributed by atoms with E-state index in [1.165, 1.54) is 18.7 Å². The number of anilines is 1. The van der Waals surface area contributed by atoms with Crippen LogP contribution >= 0.6 is 11.8 Å². The van der Waals surface area contributed by atoms with E-state index in [1.54, 1.807) is 0 Å². The van der Waals surface area contributed by atoms with Crippen molar-refractivity contribution in [1.29, 1.82) is 0 Å². The van der Waals surface area contributed by atoms with Crippen LogP contribution in [0.15, 0.2) is 59.8 Å². The molecule has 31 heavy (non-hydrogen) atoms. The summed E-state index contributed by atoms with van der Waals surface area (Å²) in [6.07, 6.45) is 0. The third kappa shape index (κ3) is 5.12. The van der Waals surface area contributed by atoms with E-state index in [-0.39, 0.29) is 17.6 Å². The molecule has 0 atom stereocenters. The molecular weight excluding hydrogens is 414 g/mol. The Balaban J connectivity index is 1.60. The number of thioether (sulfide) groups is 1. The summed E-state index contributed by atoms with van der Waals surface area (Å²) in [6, 6.07) is 17.2. The Bertz CT molecular complexity index is 1050.